The molecule has 146 valence electrons. The van der Waals surface area contributed by atoms with Gasteiger partial charge in [-0.25, -0.2) is 0 Å². The summed E-state index contributed by atoms with van der Waals surface area (Å²) in [5.41, 5.74) is 4.89. The maximum absolute atomic E-state index is 12.1. The Morgan fingerprint density at radius 1 is 1.03 bits per heavy atom. The molecule has 0 amide bonds. The lowest BCUT2D eigenvalue weighted by Crippen LogP contribution is -2.31. The standard InChI is InChI=1S/C22H19N3O3S/c1-14-15(2)25-28-22(14)24-20-8-5-6-18(21(20)29(26)27)16-9-11-17(12-10-16)19-7-3-4-13-23-19/h3-13,20,24H,1-2H3. The first-order chi connectivity index (χ1) is 14.0. The minimum Gasteiger partial charge on any atom is -0.342 e. The van der Waals surface area contributed by atoms with E-state index in [1.807, 2.05) is 62.4 Å². The van der Waals surface area contributed by atoms with Crippen molar-refractivity contribution in [2.75, 3.05) is 5.32 Å². The van der Waals surface area contributed by atoms with Crippen molar-refractivity contribution in [3.8, 4) is 11.3 Å². The number of rotatable bonds is 4. The second-order valence-corrected chi connectivity index (χ2v) is 7.61. The number of allylic oxidation sites excluding steroid dienone is 2. The second-order valence-electron chi connectivity index (χ2n) is 6.70. The van der Waals surface area contributed by atoms with Gasteiger partial charge in [0.15, 0.2) is 0 Å². The Balaban J connectivity index is 1.66. The fraction of sp³-hybridized carbons (Fsp3) is 0.136. The summed E-state index contributed by atoms with van der Waals surface area (Å²) in [5, 5.41) is 7.06. The van der Waals surface area contributed by atoms with Gasteiger partial charge in [-0.05, 0) is 31.5 Å². The Morgan fingerprint density at radius 2 is 1.79 bits per heavy atom. The van der Waals surface area contributed by atoms with E-state index in [-0.39, 0.29) is 4.86 Å². The van der Waals surface area contributed by atoms with E-state index >= 15 is 0 Å². The van der Waals surface area contributed by atoms with Gasteiger partial charge in [0.1, 0.15) is 4.86 Å². The third-order valence-corrected chi connectivity index (χ3v) is 5.73. The van der Waals surface area contributed by atoms with Crippen LogP contribution in [0.1, 0.15) is 16.8 Å². The zero-order chi connectivity index (χ0) is 20.4. The van der Waals surface area contributed by atoms with Crippen LogP contribution in [0.2, 0.25) is 0 Å². The van der Waals surface area contributed by atoms with Gasteiger partial charge in [-0.1, -0.05) is 53.7 Å². The van der Waals surface area contributed by atoms with Gasteiger partial charge in [-0.15, -0.1) is 0 Å². The van der Waals surface area contributed by atoms with Gasteiger partial charge in [-0.2, -0.15) is 8.42 Å². The van der Waals surface area contributed by atoms with Crippen LogP contribution in [-0.2, 0) is 10.3 Å². The van der Waals surface area contributed by atoms with Crippen LogP contribution >= 0.6 is 0 Å². The summed E-state index contributed by atoms with van der Waals surface area (Å²) in [6.07, 6.45) is 7.17. The number of hydrogen-bond donors (Lipinski definition) is 1. The summed E-state index contributed by atoms with van der Waals surface area (Å²) in [5.74, 6) is 0.465. The first-order valence-electron chi connectivity index (χ1n) is 9.11. The molecule has 1 aliphatic carbocycles. The number of nitrogens with zero attached hydrogens (tertiary/aromatic N) is 2. The molecule has 1 unspecified atom stereocenters. The van der Waals surface area contributed by atoms with E-state index in [0.717, 1.165) is 28.1 Å². The van der Waals surface area contributed by atoms with Gasteiger partial charge >= 0.3 is 0 Å². The Labute approximate surface area is 170 Å². The van der Waals surface area contributed by atoms with E-state index < -0.39 is 16.3 Å². The Morgan fingerprint density at radius 3 is 2.41 bits per heavy atom. The maximum atomic E-state index is 12.1. The number of aryl methyl sites for hydroxylation is 1. The number of pyridine rings is 1. The molecule has 1 aromatic carbocycles. The molecule has 0 saturated heterocycles. The molecule has 0 saturated carbocycles. The molecule has 2 heterocycles. The van der Waals surface area contributed by atoms with Crippen LogP contribution in [0.3, 0.4) is 0 Å². The van der Waals surface area contributed by atoms with Crippen molar-refractivity contribution in [2.45, 2.75) is 19.9 Å². The molecule has 1 atom stereocenters. The highest BCUT2D eigenvalue weighted by molar-refractivity contribution is 7.74. The van der Waals surface area contributed by atoms with E-state index in [1.165, 1.54) is 0 Å². The predicted molar refractivity (Wildman–Crippen MR) is 114 cm³/mol. The summed E-state index contributed by atoms with van der Waals surface area (Å²) in [6, 6.07) is 12.9. The van der Waals surface area contributed by atoms with Crippen LogP contribution in [0.4, 0.5) is 5.88 Å². The van der Waals surface area contributed by atoms with Crippen molar-refractivity contribution in [2.24, 2.45) is 0 Å². The third-order valence-electron chi connectivity index (χ3n) is 4.89. The third kappa shape index (κ3) is 3.77. The molecule has 1 N–H and O–H groups in total. The van der Waals surface area contributed by atoms with E-state index in [2.05, 4.69) is 15.5 Å². The number of aromatic nitrogens is 2. The molecule has 0 bridgehead atoms. The van der Waals surface area contributed by atoms with E-state index in [9.17, 15) is 8.42 Å². The van der Waals surface area contributed by atoms with Crippen LogP contribution in [0.5, 0.6) is 0 Å². The SMILES string of the molecule is Cc1noc(NC2C=CC=C(c3ccc(-c4ccccn4)cc3)C2=S(=O)=O)c1C. The minimum absolute atomic E-state index is 0.256. The number of benzene rings is 1. The van der Waals surface area contributed by atoms with E-state index in [0.29, 0.717) is 11.5 Å². The maximum Gasteiger partial charge on any atom is 0.228 e. The van der Waals surface area contributed by atoms with Gasteiger partial charge in [0.25, 0.3) is 0 Å². The normalized spacial score (nSPS) is 15.9. The molecule has 4 rings (SSSR count). The van der Waals surface area contributed by atoms with Crippen molar-refractivity contribution in [1.82, 2.24) is 10.1 Å². The molecule has 0 aliphatic heterocycles. The molecule has 6 nitrogen and oxygen atoms in total. The summed E-state index contributed by atoms with van der Waals surface area (Å²) in [4.78, 5) is 4.60. The Bertz CT molecular complexity index is 1230. The van der Waals surface area contributed by atoms with Crippen LogP contribution in [-0.4, -0.2) is 29.5 Å². The number of nitrogens with one attached hydrogen (secondary N) is 1. The Hall–Kier alpha value is -3.45. The average Bonchev–Trinajstić information content (AvgIpc) is 3.06. The monoisotopic (exact) mass is 405 g/mol. The van der Waals surface area contributed by atoms with Crippen LogP contribution < -0.4 is 5.32 Å². The summed E-state index contributed by atoms with van der Waals surface area (Å²) < 4.78 is 29.5. The number of anilines is 1. The van der Waals surface area contributed by atoms with Crippen molar-refractivity contribution in [3.05, 3.63) is 83.7 Å². The molecule has 1 aliphatic rings. The summed E-state index contributed by atoms with van der Waals surface area (Å²) in [7, 11) is -2.42. The fourth-order valence-electron chi connectivity index (χ4n) is 3.19. The van der Waals surface area contributed by atoms with E-state index in [1.54, 1.807) is 18.3 Å². The predicted octanol–water partition coefficient (Wildman–Crippen LogP) is 3.84. The van der Waals surface area contributed by atoms with Gasteiger partial charge < -0.3 is 9.84 Å². The quantitative estimate of drug-likeness (QED) is 0.664. The molecule has 0 spiro atoms. The first-order valence-corrected chi connectivity index (χ1v) is 10.2. The highest BCUT2D eigenvalue weighted by Gasteiger charge is 2.25. The molecular formula is C22H19N3O3S. The second kappa shape index (κ2) is 7.89. The van der Waals surface area contributed by atoms with Crippen LogP contribution in [0, 0.1) is 13.8 Å². The van der Waals surface area contributed by atoms with Gasteiger partial charge in [0.2, 0.25) is 16.2 Å². The Kier molecular flexibility index (Phi) is 5.14. The zero-order valence-electron chi connectivity index (χ0n) is 16.0. The molecule has 7 heteroatoms. The largest absolute Gasteiger partial charge is 0.342 e. The van der Waals surface area contributed by atoms with Crippen molar-refractivity contribution >= 4 is 26.6 Å². The smallest absolute Gasteiger partial charge is 0.228 e. The van der Waals surface area contributed by atoms with Crippen molar-refractivity contribution in [3.63, 3.8) is 0 Å². The van der Waals surface area contributed by atoms with Crippen LogP contribution in [0.25, 0.3) is 16.8 Å². The highest BCUT2D eigenvalue weighted by atomic mass is 32.2. The van der Waals surface area contributed by atoms with Crippen molar-refractivity contribution in [1.29, 1.82) is 0 Å². The molecule has 0 fully saturated rings. The summed E-state index contributed by atoms with van der Waals surface area (Å²) in [6.45, 7) is 3.72. The molecular weight excluding hydrogens is 386 g/mol. The average molecular weight is 405 g/mol. The number of hydrogen-bond acceptors (Lipinski definition) is 6. The highest BCUT2D eigenvalue weighted by Crippen LogP contribution is 2.27. The molecule has 3 aromatic rings. The molecule has 2 aromatic heterocycles. The van der Waals surface area contributed by atoms with Gasteiger partial charge in [-0.3, -0.25) is 4.98 Å². The molecule has 29 heavy (non-hydrogen) atoms. The van der Waals surface area contributed by atoms with E-state index in [4.69, 9.17) is 4.52 Å². The zero-order valence-corrected chi connectivity index (χ0v) is 16.8. The van der Waals surface area contributed by atoms with Crippen LogP contribution in [0.15, 0.2) is 71.4 Å². The lowest BCUT2D eigenvalue weighted by Gasteiger charge is -2.21. The first kappa shape index (κ1) is 18.9. The van der Waals surface area contributed by atoms with Crippen molar-refractivity contribution < 1.29 is 12.9 Å². The lowest BCUT2D eigenvalue weighted by atomic mass is 9.93. The topological polar surface area (TPSA) is 85.1 Å². The van der Waals surface area contributed by atoms with Gasteiger partial charge in [0.05, 0.1) is 17.4 Å². The lowest BCUT2D eigenvalue weighted by molar-refractivity contribution is 0.426. The van der Waals surface area contributed by atoms with Gasteiger partial charge in [0, 0.05) is 22.9 Å². The summed E-state index contributed by atoms with van der Waals surface area (Å²) >= 11 is 0. The minimum atomic E-state index is -2.42. The molecule has 0 radical (unpaired) electrons. The fourth-order valence-corrected chi connectivity index (χ4v) is 3.90.